The molecular formula is C22H32O9. The topological polar surface area (TPSA) is 146 Å². The summed E-state index contributed by atoms with van der Waals surface area (Å²) in [7, 11) is 1.39. The lowest BCUT2D eigenvalue weighted by atomic mass is 9.65. The molecule has 3 aliphatic rings. The molecular weight excluding hydrogens is 408 g/mol. The fraction of sp³-hybridized carbons (Fsp3) is 0.682. The number of methoxy groups -OCH3 is 1. The lowest BCUT2D eigenvalue weighted by molar-refractivity contribution is -0.245. The van der Waals surface area contributed by atoms with E-state index in [0.717, 1.165) is 5.57 Å². The quantitative estimate of drug-likeness (QED) is 0.379. The molecule has 3 rings (SSSR count). The van der Waals surface area contributed by atoms with E-state index >= 15 is 0 Å². The highest BCUT2D eigenvalue weighted by atomic mass is 16.6. The Kier molecular flexibility index (Phi) is 6.67. The molecule has 0 aromatic carbocycles. The Morgan fingerprint density at radius 3 is 2.32 bits per heavy atom. The highest BCUT2D eigenvalue weighted by Crippen LogP contribution is 2.47. The average molecular weight is 440 g/mol. The van der Waals surface area contributed by atoms with E-state index in [1.165, 1.54) is 7.11 Å². The van der Waals surface area contributed by atoms with Gasteiger partial charge >= 0.3 is 5.97 Å². The van der Waals surface area contributed by atoms with Crippen LogP contribution >= 0.6 is 0 Å². The van der Waals surface area contributed by atoms with Crippen LogP contribution in [-0.4, -0.2) is 81.8 Å². The minimum Gasteiger partial charge on any atom is -0.490 e. The number of rotatable bonds is 4. The fourth-order valence-electron chi connectivity index (χ4n) is 4.96. The Morgan fingerprint density at radius 1 is 1.13 bits per heavy atom. The summed E-state index contributed by atoms with van der Waals surface area (Å²) in [5, 5.41) is 51.3. The molecule has 0 spiro atoms. The van der Waals surface area contributed by atoms with Crippen LogP contribution in [-0.2, 0) is 19.0 Å². The first-order valence-corrected chi connectivity index (χ1v) is 10.3. The summed E-state index contributed by atoms with van der Waals surface area (Å²) in [4.78, 5) is 12.0. The van der Waals surface area contributed by atoms with Gasteiger partial charge in [-0.05, 0) is 37.3 Å². The molecule has 5 N–H and O–H groups in total. The normalized spacial score (nSPS) is 39.9. The van der Waals surface area contributed by atoms with Gasteiger partial charge in [0.2, 0.25) is 5.76 Å². The number of carbonyl (C=O) groups excluding carboxylic acids is 1. The predicted molar refractivity (Wildman–Crippen MR) is 108 cm³/mol. The van der Waals surface area contributed by atoms with Gasteiger partial charge in [-0.2, -0.15) is 0 Å². The average Bonchev–Trinajstić information content (AvgIpc) is 2.97. The van der Waals surface area contributed by atoms with E-state index in [4.69, 9.17) is 14.2 Å². The molecule has 0 unspecified atom stereocenters. The zero-order chi connectivity index (χ0) is 23.2. The molecule has 0 radical (unpaired) electrons. The van der Waals surface area contributed by atoms with E-state index in [2.05, 4.69) is 0 Å². The highest BCUT2D eigenvalue weighted by molar-refractivity contribution is 5.92. The van der Waals surface area contributed by atoms with E-state index in [-0.39, 0.29) is 5.76 Å². The van der Waals surface area contributed by atoms with E-state index < -0.39 is 60.5 Å². The number of aliphatic hydroxyl groups is 5. The fourth-order valence-corrected chi connectivity index (χ4v) is 4.96. The molecule has 174 valence electrons. The maximum Gasteiger partial charge on any atom is 0.379 e. The number of ether oxygens (including phenoxy) is 3. The van der Waals surface area contributed by atoms with E-state index in [9.17, 15) is 30.3 Å². The molecule has 0 amide bonds. The number of allylic oxidation sites excluding steroid dienone is 3. The SMILES string of the molecule is COC1=C(C)/C(=C\C2=C(C)[C@@H]([C@@H]3O[C@H](CO)[C@@H](O)[C@H](O)[C@H]3O)[C@@H](O)CC2(C)C)OC1=O. The number of esters is 1. The predicted octanol–water partition coefficient (Wildman–Crippen LogP) is -0.0866. The van der Waals surface area contributed by atoms with Crippen LogP contribution in [0.3, 0.4) is 0 Å². The van der Waals surface area contributed by atoms with Crippen molar-refractivity contribution < 1.29 is 44.5 Å². The van der Waals surface area contributed by atoms with Gasteiger partial charge in [-0.15, -0.1) is 0 Å². The third kappa shape index (κ3) is 4.06. The molecule has 0 bridgehead atoms. The largest absolute Gasteiger partial charge is 0.490 e. The third-order valence-electron chi connectivity index (χ3n) is 6.65. The molecule has 31 heavy (non-hydrogen) atoms. The molecule has 0 saturated carbocycles. The van der Waals surface area contributed by atoms with Crippen LogP contribution in [0.1, 0.15) is 34.1 Å². The Labute approximate surface area is 181 Å². The van der Waals surface area contributed by atoms with Crippen molar-refractivity contribution in [1.82, 2.24) is 0 Å². The van der Waals surface area contributed by atoms with Crippen LogP contribution in [0.4, 0.5) is 0 Å². The second kappa shape index (κ2) is 8.65. The van der Waals surface area contributed by atoms with Gasteiger partial charge in [-0.25, -0.2) is 4.79 Å². The second-order valence-corrected chi connectivity index (χ2v) is 9.13. The van der Waals surface area contributed by atoms with Gasteiger partial charge in [0.1, 0.15) is 30.2 Å². The molecule has 2 aliphatic heterocycles. The van der Waals surface area contributed by atoms with Gasteiger partial charge in [-0.3, -0.25) is 0 Å². The molecule has 9 heteroatoms. The number of aliphatic hydroxyl groups excluding tert-OH is 5. The summed E-state index contributed by atoms with van der Waals surface area (Å²) in [5.74, 6) is -0.824. The van der Waals surface area contributed by atoms with Crippen molar-refractivity contribution in [2.24, 2.45) is 11.3 Å². The summed E-state index contributed by atoms with van der Waals surface area (Å²) in [6, 6.07) is 0. The Balaban J connectivity index is 2.06. The minimum absolute atomic E-state index is 0.128. The molecule has 0 aromatic rings. The van der Waals surface area contributed by atoms with Crippen LogP contribution in [0.2, 0.25) is 0 Å². The molecule has 2 heterocycles. The lowest BCUT2D eigenvalue weighted by Crippen LogP contribution is -2.62. The molecule has 1 fully saturated rings. The van der Waals surface area contributed by atoms with Gasteiger partial charge in [0.25, 0.3) is 0 Å². The van der Waals surface area contributed by atoms with Crippen molar-refractivity contribution in [3.05, 3.63) is 34.3 Å². The highest BCUT2D eigenvalue weighted by Gasteiger charge is 2.51. The van der Waals surface area contributed by atoms with Gasteiger partial charge in [-0.1, -0.05) is 19.4 Å². The summed E-state index contributed by atoms with van der Waals surface area (Å²) in [6.45, 7) is 6.85. The van der Waals surface area contributed by atoms with Crippen LogP contribution < -0.4 is 0 Å². The van der Waals surface area contributed by atoms with Gasteiger partial charge in [0.15, 0.2) is 0 Å². The monoisotopic (exact) mass is 440 g/mol. The summed E-state index contributed by atoms with van der Waals surface area (Å²) < 4.78 is 16.2. The molecule has 1 aliphatic carbocycles. The zero-order valence-corrected chi connectivity index (χ0v) is 18.4. The minimum atomic E-state index is -1.53. The van der Waals surface area contributed by atoms with Crippen LogP contribution in [0.25, 0.3) is 0 Å². The Hall–Kier alpha value is -1.75. The first-order chi connectivity index (χ1) is 14.4. The maximum atomic E-state index is 12.0. The van der Waals surface area contributed by atoms with Crippen LogP contribution in [0, 0.1) is 11.3 Å². The number of carbonyl (C=O) groups is 1. The van der Waals surface area contributed by atoms with Crippen molar-refractivity contribution in [3.8, 4) is 0 Å². The Bertz CT molecular complexity index is 823. The first kappa shape index (κ1) is 23.9. The number of hydrogen-bond acceptors (Lipinski definition) is 9. The lowest BCUT2D eigenvalue weighted by Gasteiger charge is -2.48. The summed E-state index contributed by atoms with van der Waals surface area (Å²) in [6.07, 6.45) is -5.44. The molecule has 9 nitrogen and oxygen atoms in total. The van der Waals surface area contributed by atoms with Gasteiger partial charge in [0.05, 0.1) is 25.9 Å². The third-order valence-corrected chi connectivity index (χ3v) is 6.65. The van der Waals surface area contributed by atoms with Crippen LogP contribution in [0.15, 0.2) is 34.3 Å². The number of cyclic esters (lactones) is 1. The van der Waals surface area contributed by atoms with Crippen molar-refractivity contribution >= 4 is 5.97 Å². The standard InChI is InChI=1S/C22H32O9/c1-9-11(6-13-10(2)19(29-5)21(28)31-13)22(3,4)7-12(24)15(9)20-18(27)17(26)16(25)14(8-23)30-20/h6,12,14-18,20,23-27H,7-8H2,1-5H3/b13-6+/t12-,14+,15+,16+,17-,18+,20-/m0/s1. The smallest absolute Gasteiger partial charge is 0.379 e. The van der Waals surface area contributed by atoms with Gasteiger partial charge < -0.3 is 39.7 Å². The molecule has 1 saturated heterocycles. The Morgan fingerprint density at radius 2 is 1.77 bits per heavy atom. The van der Waals surface area contributed by atoms with Crippen molar-refractivity contribution in [2.45, 2.75) is 70.7 Å². The van der Waals surface area contributed by atoms with E-state index in [0.29, 0.717) is 23.3 Å². The maximum absolute atomic E-state index is 12.0. The van der Waals surface area contributed by atoms with E-state index in [1.54, 1.807) is 19.9 Å². The van der Waals surface area contributed by atoms with Crippen molar-refractivity contribution in [3.63, 3.8) is 0 Å². The summed E-state index contributed by atoms with van der Waals surface area (Å²) in [5.41, 5.74) is 1.54. The van der Waals surface area contributed by atoms with Crippen LogP contribution in [0.5, 0.6) is 0 Å². The number of hydrogen-bond donors (Lipinski definition) is 5. The van der Waals surface area contributed by atoms with E-state index in [1.807, 2.05) is 13.8 Å². The van der Waals surface area contributed by atoms with Crippen molar-refractivity contribution in [1.29, 1.82) is 0 Å². The first-order valence-electron chi connectivity index (χ1n) is 10.3. The summed E-state index contributed by atoms with van der Waals surface area (Å²) >= 11 is 0. The second-order valence-electron chi connectivity index (χ2n) is 9.13. The zero-order valence-electron chi connectivity index (χ0n) is 18.4. The van der Waals surface area contributed by atoms with Gasteiger partial charge in [0, 0.05) is 11.5 Å². The molecule has 7 atom stereocenters. The molecule has 0 aromatic heterocycles. The van der Waals surface area contributed by atoms with Crippen molar-refractivity contribution in [2.75, 3.05) is 13.7 Å².